The third-order valence-electron chi connectivity index (χ3n) is 1.79. The summed E-state index contributed by atoms with van der Waals surface area (Å²) in [5.74, 6) is 0. The molecule has 0 fully saturated rings. The summed E-state index contributed by atoms with van der Waals surface area (Å²) in [5.41, 5.74) is 2.41. The van der Waals surface area contributed by atoms with Gasteiger partial charge in [0.1, 0.15) is 0 Å². The Bertz CT molecular complexity index is 321. The van der Waals surface area contributed by atoms with Gasteiger partial charge in [-0.05, 0) is 38.8 Å². The molecule has 0 bridgehead atoms. The molecule has 0 spiro atoms. The third kappa shape index (κ3) is 3.78. The summed E-state index contributed by atoms with van der Waals surface area (Å²) in [6.07, 6.45) is 1.01. The fourth-order valence-corrected chi connectivity index (χ4v) is 1.50. The summed E-state index contributed by atoms with van der Waals surface area (Å²) in [7, 11) is -1.57. The van der Waals surface area contributed by atoms with E-state index >= 15 is 0 Å². The molecule has 72 valence electrons. The first-order chi connectivity index (χ1) is 6.87. The molecular weight excluding hydrogens is 177 g/mol. The van der Waals surface area contributed by atoms with E-state index in [4.69, 9.17) is 2.56 Å². The van der Waals surface area contributed by atoms with E-state index < -0.39 is 9.28 Å². The largest absolute Gasteiger partial charge is 0.369 e. The van der Waals surface area contributed by atoms with Crippen LogP contribution in [-0.4, -0.2) is 2.56 Å². The van der Waals surface area contributed by atoms with Crippen molar-refractivity contribution in [3.8, 4) is 0 Å². The molecular formula is C11H18NP. The molecule has 0 aliphatic heterocycles. The molecule has 0 aromatic heterocycles. The number of anilines is 1. The van der Waals surface area contributed by atoms with Gasteiger partial charge in [-0.3, -0.25) is 0 Å². The minimum atomic E-state index is -1.57. The Morgan fingerprint density at radius 2 is 2.38 bits per heavy atom. The van der Waals surface area contributed by atoms with Gasteiger partial charge in [-0.25, -0.2) is 0 Å². The second kappa shape index (κ2) is 4.11. The Morgan fingerprint density at radius 3 is 3.00 bits per heavy atom. The number of benzene rings is 1. The van der Waals surface area contributed by atoms with E-state index in [2.05, 4.69) is 31.9 Å². The molecule has 1 aromatic rings. The Balaban J connectivity index is 2.74. The molecule has 1 unspecified atom stereocenters. The van der Waals surface area contributed by atoms with Crippen molar-refractivity contribution in [1.82, 2.24) is 0 Å². The van der Waals surface area contributed by atoms with Crippen LogP contribution in [0.4, 0.5) is 5.69 Å². The van der Waals surface area contributed by atoms with Gasteiger partial charge in [0.25, 0.3) is 0 Å². The quantitative estimate of drug-likeness (QED) is 0.733. The molecule has 13 heavy (non-hydrogen) atoms. The number of nitrogens with one attached hydrogen (secondary N) is 1. The average molecular weight is 198 g/mol. The first-order valence-electron chi connectivity index (χ1n) is 5.40. The summed E-state index contributed by atoms with van der Waals surface area (Å²) in [5, 5.41) is 2.83. The van der Waals surface area contributed by atoms with Gasteiger partial charge in [0.15, 0.2) is 0 Å². The zero-order valence-electron chi connectivity index (χ0n) is 10.5. The SMILES string of the molecule is [2H]P([3H])Nc1cccc(CC(C)(C)C)c1. The van der Waals surface area contributed by atoms with Crippen molar-refractivity contribution in [1.29, 1.82) is 2.56 Å². The second-order valence-electron chi connectivity index (χ2n) is 4.55. The van der Waals surface area contributed by atoms with Crippen LogP contribution >= 0.6 is 9.28 Å². The normalized spacial score (nSPS) is 15.9. The lowest BCUT2D eigenvalue weighted by atomic mass is 9.88. The van der Waals surface area contributed by atoms with E-state index in [-0.39, 0.29) is 5.41 Å². The molecule has 0 saturated carbocycles. The molecule has 0 heterocycles. The van der Waals surface area contributed by atoms with E-state index in [1.807, 2.05) is 18.2 Å². The summed E-state index contributed by atoms with van der Waals surface area (Å²) in [6.45, 7) is 6.61. The van der Waals surface area contributed by atoms with Crippen LogP contribution in [0.15, 0.2) is 24.3 Å². The summed E-state index contributed by atoms with van der Waals surface area (Å²) < 4.78 is 14.4. The van der Waals surface area contributed by atoms with E-state index in [1.165, 1.54) is 5.56 Å². The predicted octanol–water partition coefficient (Wildman–Crippen LogP) is 3.48. The fourth-order valence-electron chi connectivity index (χ4n) is 1.36. The van der Waals surface area contributed by atoms with Gasteiger partial charge in [-0.1, -0.05) is 32.9 Å². The van der Waals surface area contributed by atoms with Crippen LogP contribution in [-0.2, 0) is 6.42 Å². The number of hydrogen-bond donors (Lipinski definition) is 1. The predicted molar refractivity (Wildman–Crippen MR) is 62.9 cm³/mol. The van der Waals surface area contributed by atoms with Crippen LogP contribution in [0.3, 0.4) is 0 Å². The zero-order chi connectivity index (χ0) is 11.5. The maximum atomic E-state index is 7.19. The molecule has 1 N–H and O–H groups in total. The summed E-state index contributed by atoms with van der Waals surface area (Å²) >= 11 is 0. The van der Waals surface area contributed by atoms with Crippen LogP contribution in [0.2, 0.25) is 0 Å². The maximum Gasteiger partial charge on any atom is 0.0773 e. The summed E-state index contributed by atoms with van der Waals surface area (Å²) in [6, 6.07) is 8.00. The Kier molecular flexibility index (Phi) is 2.47. The van der Waals surface area contributed by atoms with Crippen molar-refractivity contribution in [3.63, 3.8) is 0 Å². The van der Waals surface area contributed by atoms with E-state index in [0.29, 0.717) is 0 Å². The van der Waals surface area contributed by atoms with Crippen molar-refractivity contribution < 1.29 is 0 Å². The minimum absolute atomic E-state index is 0.269. The molecule has 1 atom stereocenters. The van der Waals surface area contributed by atoms with Crippen molar-refractivity contribution in [2.24, 2.45) is 5.41 Å². The number of hydrogen-bond acceptors (Lipinski definition) is 1. The topological polar surface area (TPSA) is 12.0 Å². The van der Waals surface area contributed by atoms with Gasteiger partial charge in [0, 0.05) is 5.69 Å². The molecule has 0 saturated heterocycles. The van der Waals surface area contributed by atoms with Crippen LogP contribution in [0.5, 0.6) is 0 Å². The highest BCUT2D eigenvalue weighted by molar-refractivity contribution is 7.18. The molecule has 0 aliphatic rings. The lowest BCUT2D eigenvalue weighted by Crippen LogP contribution is -2.08. The Morgan fingerprint density at radius 1 is 1.62 bits per heavy atom. The fraction of sp³-hybridized carbons (Fsp3) is 0.455. The summed E-state index contributed by atoms with van der Waals surface area (Å²) in [4.78, 5) is 0. The van der Waals surface area contributed by atoms with E-state index in [0.717, 1.165) is 12.1 Å². The molecule has 1 nitrogen and oxygen atoms in total. The Hall–Kier alpha value is -0.550. The van der Waals surface area contributed by atoms with Gasteiger partial charge in [0.05, 0.1) is 2.56 Å². The first kappa shape index (κ1) is 7.82. The zero-order valence-corrected chi connectivity index (χ0v) is 9.36. The van der Waals surface area contributed by atoms with Crippen LogP contribution < -0.4 is 5.09 Å². The molecule has 0 radical (unpaired) electrons. The number of rotatable bonds is 3. The Labute approximate surface area is 85.8 Å². The maximum absolute atomic E-state index is 7.19. The highest BCUT2D eigenvalue weighted by atomic mass is 31.0. The highest BCUT2D eigenvalue weighted by Crippen LogP contribution is 2.22. The molecule has 2 heteroatoms. The third-order valence-corrected chi connectivity index (χ3v) is 2.05. The molecule has 1 rings (SSSR count). The van der Waals surface area contributed by atoms with Crippen LogP contribution in [0.25, 0.3) is 0 Å². The van der Waals surface area contributed by atoms with Crippen molar-refractivity contribution in [3.05, 3.63) is 29.8 Å². The highest BCUT2D eigenvalue weighted by Gasteiger charge is 2.10. The van der Waals surface area contributed by atoms with E-state index in [1.54, 1.807) is 0 Å². The lowest BCUT2D eigenvalue weighted by molar-refractivity contribution is 0.411. The standard InChI is InChI=1S/C11H18NP/c1-11(2,3)8-9-5-4-6-10(7-9)12-13/h4-7,12H,8,13H2,1-3H3/i13TD. The van der Waals surface area contributed by atoms with Crippen LogP contribution in [0, 0.1) is 5.41 Å². The smallest absolute Gasteiger partial charge is 0.0773 e. The van der Waals surface area contributed by atoms with Gasteiger partial charge in [-0.2, -0.15) is 0 Å². The molecule has 0 amide bonds. The minimum Gasteiger partial charge on any atom is -0.369 e. The van der Waals surface area contributed by atoms with Gasteiger partial charge in [-0.15, -0.1) is 0 Å². The average Bonchev–Trinajstić information content (AvgIpc) is 1.99. The van der Waals surface area contributed by atoms with Gasteiger partial charge >= 0.3 is 0 Å². The second-order valence-corrected chi connectivity index (χ2v) is 4.77. The van der Waals surface area contributed by atoms with Gasteiger partial charge in [0.2, 0.25) is 0 Å². The van der Waals surface area contributed by atoms with Gasteiger partial charge < -0.3 is 5.09 Å². The lowest BCUT2D eigenvalue weighted by Gasteiger charge is -2.18. The van der Waals surface area contributed by atoms with Crippen molar-refractivity contribution in [2.45, 2.75) is 27.2 Å². The van der Waals surface area contributed by atoms with Crippen molar-refractivity contribution >= 4 is 15.0 Å². The van der Waals surface area contributed by atoms with Crippen molar-refractivity contribution in [2.75, 3.05) is 5.09 Å². The molecule has 1 aromatic carbocycles. The van der Waals surface area contributed by atoms with E-state index in [9.17, 15) is 0 Å². The molecule has 0 aliphatic carbocycles. The van der Waals surface area contributed by atoms with Crippen LogP contribution in [0.1, 0.15) is 26.3 Å². The first-order valence-corrected chi connectivity index (χ1v) is 4.95. The monoisotopic (exact) mass is 198 g/mol.